The van der Waals surface area contributed by atoms with Crippen LogP contribution >= 0.6 is 23.2 Å². The van der Waals surface area contributed by atoms with Crippen LogP contribution in [0.4, 0.5) is 22.9 Å². The van der Waals surface area contributed by atoms with Crippen LogP contribution in [0.5, 0.6) is 0 Å². The molecule has 3 heterocycles. The Hall–Kier alpha value is -2.69. The number of aromatic nitrogens is 1. The van der Waals surface area contributed by atoms with Gasteiger partial charge in [-0.1, -0.05) is 42.3 Å². The van der Waals surface area contributed by atoms with Gasteiger partial charge in [-0.25, -0.2) is 4.98 Å². The molecule has 1 aromatic heterocycles. The summed E-state index contributed by atoms with van der Waals surface area (Å²) in [4.78, 5) is 38.3. The van der Waals surface area contributed by atoms with Gasteiger partial charge in [-0.2, -0.15) is 0 Å². The predicted octanol–water partition coefficient (Wildman–Crippen LogP) is 4.43. The van der Waals surface area contributed by atoms with Gasteiger partial charge in [-0.05, 0) is 55.9 Å². The largest absolute Gasteiger partial charge is 0.394 e. The standard InChI is InChI=1S/C32H40Cl2N6O3/c1-3-23-18-39(14-15-40(23)24-10-12-38(13-11-24)27(19-41)20-4-6-21(33)7-5-20)32-26(34)16-25(17-35-32)37(2)29-28(30(42)31(29)43)36-22-8-9-22/h4-7,16-17,22-24,27,36,41H,3,8-15,18-19H2,1-2H3/t23-,27?/m0/s1. The number of hydrogen-bond acceptors (Lipinski definition) is 9. The van der Waals surface area contributed by atoms with Gasteiger partial charge < -0.3 is 20.2 Å². The lowest BCUT2D eigenvalue weighted by Crippen LogP contribution is -2.58. The molecule has 2 N–H and O–H groups in total. The van der Waals surface area contributed by atoms with E-state index in [2.05, 4.69) is 26.9 Å². The van der Waals surface area contributed by atoms with Gasteiger partial charge in [0.25, 0.3) is 10.9 Å². The van der Waals surface area contributed by atoms with E-state index in [1.54, 1.807) is 18.1 Å². The van der Waals surface area contributed by atoms with Gasteiger partial charge in [0.1, 0.15) is 17.2 Å². The van der Waals surface area contributed by atoms with Gasteiger partial charge in [0.15, 0.2) is 0 Å². The molecule has 3 fully saturated rings. The Kier molecular flexibility index (Phi) is 8.99. The number of aliphatic hydroxyl groups is 1. The summed E-state index contributed by atoms with van der Waals surface area (Å²) in [5.74, 6) is 0.752. The second-order valence-corrected chi connectivity index (χ2v) is 13.0. The maximum atomic E-state index is 12.4. The van der Waals surface area contributed by atoms with Crippen LogP contribution in [0, 0.1) is 0 Å². The van der Waals surface area contributed by atoms with E-state index in [9.17, 15) is 14.7 Å². The van der Waals surface area contributed by atoms with E-state index in [1.165, 1.54) is 0 Å². The Balaban J connectivity index is 1.08. The number of piperidine rings is 1. The van der Waals surface area contributed by atoms with E-state index in [-0.39, 0.29) is 18.7 Å². The van der Waals surface area contributed by atoms with Crippen molar-refractivity contribution in [3.8, 4) is 0 Å². The Morgan fingerprint density at radius 1 is 1.05 bits per heavy atom. The molecular formula is C32H40Cl2N6O3. The number of piperazine rings is 1. The van der Waals surface area contributed by atoms with Crippen LogP contribution in [0.3, 0.4) is 0 Å². The number of nitrogens with one attached hydrogen (secondary N) is 1. The molecule has 6 rings (SSSR count). The number of halogens is 2. The zero-order valence-corrected chi connectivity index (χ0v) is 26.3. The molecule has 0 radical (unpaired) electrons. The fourth-order valence-electron chi connectivity index (χ4n) is 6.78. The van der Waals surface area contributed by atoms with Gasteiger partial charge in [0.2, 0.25) is 0 Å². The molecule has 2 saturated heterocycles. The highest BCUT2D eigenvalue weighted by Crippen LogP contribution is 2.36. The van der Waals surface area contributed by atoms with E-state index >= 15 is 0 Å². The predicted molar refractivity (Wildman–Crippen MR) is 174 cm³/mol. The Morgan fingerprint density at radius 3 is 2.40 bits per heavy atom. The molecular weight excluding hydrogens is 587 g/mol. The van der Waals surface area contributed by atoms with Crippen molar-refractivity contribution in [3.05, 3.63) is 72.6 Å². The first-order valence-electron chi connectivity index (χ1n) is 15.4. The highest BCUT2D eigenvalue weighted by atomic mass is 35.5. The summed E-state index contributed by atoms with van der Waals surface area (Å²) in [5.41, 5.74) is 1.64. The van der Waals surface area contributed by atoms with Crippen LogP contribution in [-0.4, -0.2) is 84.4 Å². The summed E-state index contributed by atoms with van der Waals surface area (Å²) in [6.45, 7) is 6.83. The van der Waals surface area contributed by atoms with Crippen LogP contribution in [0.15, 0.2) is 46.1 Å². The Labute approximate surface area is 262 Å². The number of aliphatic hydroxyl groups excluding tert-OH is 1. The summed E-state index contributed by atoms with van der Waals surface area (Å²) in [6, 6.07) is 10.8. The van der Waals surface area contributed by atoms with Crippen molar-refractivity contribution in [3.63, 3.8) is 0 Å². The minimum Gasteiger partial charge on any atom is -0.394 e. The highest BCUT2D eigenvalue weighted by Gasteiger charge is 2.36. The van der Waals surface area contributed by atoms with Crippen molar-refractivity contribution in [2.45, 2.75) is 63.2 Å². The lowest BCUT2D eigenvalue weighted by Gasteiger charge is -2.48. The highest BCUT2D eigenvalue weighted by molar-refractivity contribution is 6.33. The molecule has 0 amide bonds. The third kappa shape index (κ3) is 6.15. The summed E-state index contributed by atoms with van der Waals surface area (Å²) in [7, 11) is 1.77. The fraction of sp³-hybridized carbons (Fsp3) is 0.531. The lowest BCUT2D eigenvalue weighted by atomic mass is 9.96. The normalized spacial score (nSPS) is 21.3. The van der Waals surface area contributed by atoms with Crippen molar-refractivity contribution in [1.82, 2.24) is 14.8 Å². The van der Waals surface area contributed by atoms with Gasteiger partial charge in [-0.3, -0.25) is 19.4 Å². The molecule has 2 atom stereocenters. The molecule has 1 aliphatic carbocycles. The first-order valence-corrected chi connectivity index (χ1v) is 16.1. The first-order chi connectivity index (χ1) is 20.8. The zero-order valence-electron chi connectivity index (χ0n) is 24.8. The molecule has 230 valence electrons. The molecule has 1 unspecified atom stereocenters. The average Bonchev–Trinajstić information content (AvgIpc) is 3.86. The molecule has 1 saturated carbocycles. The van der Waals surface area contributed by atoms with Gasteiger partial charge in [0.05, 0.1) is 29.6 Å². The monoisotopic (exact) mass is 626 g/mol. The summed E-state index contributed by atoms with van der Waals surface area (Å²) >= 11 is 12.9. The number of benzene rings is 1. The van der Waals surface area contributed by atoms with Crippen LogP contribution < -0.4 is 26.0 Å². The summed E-state index contributed by atoms with van der Waals surface area (Å²) < 4.78 is 0. The lowest BCUT2D eigenvalue weighted by molar-refractivity contribution is 0.0356. The third-order valence-electron chi connectivity index (χ3n) is 9.48. The van der Waals surface area contributed by atoms with Crippen molar-refractivity contribution in [2.24, 2.45) is 0 Å². The summed E-state index contributed by atoms with van der Waals surface area (Å²) in [6.07, 6.45) is 6.93. The number of anilines is 4. The number of rotatable bonds is 10. The van der Waals surface area contributed by atoms with Gasteiger partial charge >= 0.3 is 0 Å². The maximum absolute atomic E-state index is 12.4. The zero-order chi connectivity index (χ0) is 30.2. The number of nitrogens with zero attached hydrogens (tertiary/aromatic N) is 5. The SMILES string of the molecule is CC[C@H]1CN(c2ncc(N(C)c3c(NC4CC4)c(=O)c3=O)cc2Cl)CCN1C1CCN(C(CO)c2ccc(Cl)cc2)CC1. The minimum atomic E-state index is -0.476. The molecule has 3 aliphatic rings. The van der Waals surface area contributed by atoms with Gasteiger partial charge in [-0.15, -0.1) is 0 Å². The van der Waals surface area contributed by atoms with E-state index in [0.717, 1.165) is 76.2 Å². The quantitative estimate of drug-likeness (QED) is 0.317. The van der Waals surface area contributed by atoms with Crippen molar-refractivity contribution >= 4 is 46.1 Å². The second kappa shape index (κ2) is 12.7. The Bertz CT molecular complexity index is 1500. The van der Waals surface area contributed by atoms with Crippen LogP contribution in [0.1, 0.15) is 50.6 Å². The summed E-state index contributed by atoms with van der Waals surface area (Å²) in [5, 5.41) is 14.6. The molecule has 43 heavy (non-hydrogen) atoms. The van der Waals surface area contributed by atoms with Crippen LogP contribution in [0.25, 0.3) is 0 Å². The van der Waals surface area contributed by atoms with E-state index in [1.807, 2.05) is 30.3 Å². The van der Waals surface area contributed by atoms with E-state index < -0.39 is 10.9 Å². The van der Waals surface area contributed by atoms with Crippen molar-refractivity contribution in [1.29, 1.82) is 0 Å². The third-order valence-corrected chi connectivity index (χ3v) is 10.0. The fourth-order valence-corrected chi connectivity index (χ4v) is 7.19. The topological polar surface area (TPSA) is 92.2 Å². The smallest absolute Gasteiger partial charge is 0.253 e. The minimum absolute atomic E-state index is 0.00694. The van der Waals surface area contributed by atoms with Crippen LogP contribution in [0.2, 0.25) is 10.0 Å². The second-order valence-electron chi connectivity index (χ2n) is 12.1. The van der Waals surface area contributed by atoms with Crippen molar-refractivity contribution in [2.75, 3.05) is 61.5 Å². The molecule has 2 aromatic carbocycles. The first kappa shape index (κ1) is 30.3. The number of pyridine rings is 1. The average molecular weight is 628 g/mol. The van der Waals surface area contributed by atoms with E-state index in [0.29, 0.717) is 39.2 Å². The molecule has 9 nitrogen and oxygen atoms in total. The number of likely N-dealkylation sites (tertiary alicyclic amines) is 1. The molecule has 11 heteroatoms. The molecule has 0 spiro atoms. The molecule has 2 aliphatic heterocycles. The van der Waals surface area contributed by atoms with E-state index in [4.69, 9.17) is 28.2 Å². The maximum Gasteiger partial charge on any atom is 0.253 e. The number of hydrogen-bond donors (Lipinski definition) is 2. The molecule has 3 aromatic rings. The van der Waals surface area contributed by atoms with Crippen LogP contribution in [-0.2, 0) is 0 Å². The Morgan fingerprint density at radius 2 is 1.77 bits per heavy atom. The molecule has 0 bridgehead atoms. The van der Waals surface area contributed by atoms with Crippen molar-refractivity contribution < 1.29 is 5.11 Å². The van der Waals surface area contributed by atoms with Gasteiger partial charge in [0, 0.05) is 62.9 Å².